The number of sulfonamides is 1. The SMILES string of the molecule is CS(=O)(=O)Nc1ccc(NC(=O)c2cc3ccccc3cc2O)cc1. The Morgan fingerprint density at radius 2 is 1.48 bits per heavy atom. The zero-order chi connectivity index (χ0) is 18.0. The van der Waals surface area contributed by atoms with Crippen LogP contribution in [0.5, 0.6) is 5.75 Å². The molecule has 3 N–H and O–H groups in total. The quantitative estimate of drug-likeness (QED) is 0.669. The number of phenolic OH excluding ortho intramolecular Hbond substituents is 1. The number of fused-ring (bicyclic) bond motifs is 1. The van der Waals surface area contributed by atoms with Crippen LogP contribution in [0.1, 0.15) is 10.4 Å². The first-order chi connectivity index (χ1) is 11.8. The fourth-order valence-electron chi connectivity index (χ4n) is 2.44. The number of rotatable bonds is 4. The van der Waals surface area contributed by atoms with Crippen LogP contribution in [0.3, 0.4) is 0 Å². The summed E-state index contributed by atoms with van der Waals surface area (Å²) < 4.78 is 24.7. The number of carbonyl (C=O) groups excluding carboxylic acids is 1. The molecular formula is C18H16N2O4S. The zero-order valence-corrected chi connectivity index (χ0v) is 14.2. The van der Waals surface area contributed by atoms with Gasteiger partial charge < -0.3 is 10.4 Å². The number of benzene rings is 3. The zero-order valence-electron chi connectivity index (χ0n) is 13.4. The van der Waals surface area contributed by atoms with E-state index in [1.165, 1.54) is 12.1 Å². The maximum atomic E-state index is 12.4. The molecule has 0 radical (unpaired) electrons. The summed E-state index contributed by atoms with van der Waals surface area (Å²) in [6.45, 7) is 0. The lowest BCUT2D eigenvalue weighted by molar-refractivity contribution is 0.102. The molecule has 0 aliphatic heterocycles. The molecule has 0 spiro atoms. The van der Waals surface area contributed by atoms with Crippen molar-refractivity contribution in [1.82, 2.24) is 0 Å². The average molecular weight is 356 g/mol. The lowest BCUT2D eigenvalue weighted by Crippen LogP contribution is -2.12. The molecule has 1 amide bonds. The Labute approximate surface area is 145 Å². The number of carbonyl (C=O) groups is 1. The third-order valence-corrected chi connectivity index (χ3v) is 4.16. The largest absolute Gasteiger partial charge is 0.507 e. The van der Waals surface area contributed by atoms with Crippen molar-refractivity contribution in [2.45, 2.75) is 0 Å². The van der Waals surface area contributed by atoms with E-state index in [4.69, 9.17) is 0 Å². The van der Waals surface area contributed by atoms with Crippen LogP contribution in [-0.2, 0) is 10.0 Å². The first kappa shape index (κ1) is 16.8. The van der Waals surface area contributed by atoms with E-state index in [0.29, 0.717) is 11.4 Å². The molecule has 128 valence electrons. The minimum Gasteiger partial charge on any atom is -0.507 e. The van der Waals surface area contributed by atoms with Crippen LogP contribution >= 0.6 is 0 Å². The first-order valence-corrected chi connectivity index (χ1v) is 9.32. The number of hydrogen-bond donors (Lipinski definition) is 3. The Morgan fingerprint density at radius 3 is 2.08 bits per heavy atom. The molecule has 0 unspecified atom stereocenters. The summed E-state index contributed by atoms with van der Waals surface area (Å²) in [7, 11) is -3.35. The van der Waals surface area contributed by atoms with Crippen molar-refractivity contribution in [3.05, 3.63) is 66.2 Å². The Balaban J connectivity index is 1.81. The van der Waals surface area contributed by atoms with E-state index < -0.39 is 15.9 Å². The van der Waals surface area contributed by atoms with Crippen molar-refractivity contribution in [3.63, 3.8) is 0 Å². The minimum absolute atomic E-state index is 0.105. The van der Waals surface area contributed by atoms with Crippen LogP contribution in [0.15, 0.2) is 60.7 Å². The highest BCUT2D eigenvalue weighted by Crippen LogP contribution is 2.26. The highest BCUT2D eigenvalue weighted by atomic mass is 32.2. The normalized spacial score (nSPS) is 11.2. The number of aromatic hydroxyl groups is 1. The number of amides is 1. The predicted molar refractivity (Wildman–Crippen MR) is 98.5 cm³/mol. The molecule has 3 rings (SSSR count). The van der Waals surface area contributed by atoms with Crippen molar-refractivity contribution in [1.29, 1.82) is 0 Å². The number of anilines is 2. The molecule has 0 bridgehead atoms. The molecule has 6 nitrogen and oxygen atoms in total. The predicted octanol–water partition coefficient (Wildman–Crippen LogP) is 3.17. The van der Waals surface area contributed by atoms with E-state index in [-0.39, 0.29) is 11.3 Å². The van der Waals surface area contributed by atoms with Crippen molar-refractivity contribution < 1.29 is 18.3 Å². The van der Waals surface area contributed by atoms with Gasteiger partial charge >= 0.3 is 0 Å². The molecule has 0 heterocycles. The van der Waals surface area contributed by atoms with E-state index in [2.05, 4.69) is 10.0 Å². The number of phenols is 1. The molecular weight excluding hydrogens is 340 g/mol. The molecule has 0 saturated heterocycles. The van der Waals surface area contributed by atoms with Gasteiger partial charge in [-0.15, -0.1) is 0 Å². The van der Waals surface area contributed by atoms with Gasteiger partial charge in [0.2, 0.25) is 10.0 Å². The van der Waals surface area contributed by atoms with Crippen LogP contribution in [0.4, 0.5) is 11.4 Å². The molecule has 3 aromatic rings. The van der Waals surface area contributed by atoms with Gasteiger partial charge in [0.1, 0.15) is 5.75 Å². The molecule has 0 aliphatic carbocycles. The van der Waals surface area contributed by atoms with Crippen LogP contribution < -0.4 is 10.0 Å². The Bertz CT molecular complexity index is 1040. The summed E-state index contributed by atoms with van der Waals surface area (Å²) >= 11 is 0. The van der Waals surface area contributed by atoms with E-state index in [1.807, 2.05) is 24.3 Å². The second-order valence-electron chi connectivity index (χ2n) is 5.62. The topological polar surface area (TPSA) is 95.5 Å². The molecule has 25 heavy (non-hydrogen) atoms. The molecule has 3 aromatic carbocycles. The Hall–Kier alpha value is -3.06. The van der Waals surface area contributed by atoms with Gasteiger partial charge in [-0.25, -0.2) is 8.42 Å². The van der Waals surface area contributed by atoms with Crippen LogP contribution in [0.25, 0.3) is 10.8 Å². The summed E-state index contributed by atoms with van der Waals surface area (Å²) in [5.41, 5.74) is 1.04. The van der Waals surface area contributed by atoms with Crippen molar-refractivity contribution in [2.75, 3.05) is 16.3 Å². The highest BCUT2D eigenvalue weighted by Gasteiger charge is 2.13. The van der Waals surface area contributed by atoms with Gasteiger partial charge in [0, 0.05) is 11.4 Å². The summed E-state index contributed by atoms with van der Waals surface area (Å²) in [5, 5.41) is 14.5. The van der Waals surface area contributed by atoms with Crippen LogP contribution in [0, 0.1) is 0 Å². The monoisotopic (exact) mass is 356 g/mol. The lowest BCUT2D eigenvalue weighted by Gasteiger charge is -2.09. The summed E-state index contributed by atoms with van der Waals surface area (Å²) in [4.78, 5) is 12.4. The van der Waals surface area contributed by atoms with Gasteiger partial charge in [-0.3, -0.25) is 9.52 Å². The van der Waals surface area contributed by atoms with E-state index in [1.54, 1.807) is 24.3 Å². The second-order valence-corrected chi connectivity index (χ2v) is 7.37. The molecule has 7 heteroatoms. The van der Waals surface area contributed by atoms with Gasteiger partial charge in [-0.05, 0) is 47.2 Å². The Morgan fingerprint density at radius 1 is 0.920 bits per heavy atom. The summed E-state index contributed by atoms with van der Waals surface area (Å²) in [5.74, 6) is -0.557. The Kier molecular flexibility index (Phi) is 4.33. The second kappa shape index (κ2) is 6.45. The van der Waals surface area contributed by atoms with Gasteiger partial charge in [0.25, 0.3) is 5.91 Å². The van der Waals surface area contributed by atoms with Crippen LogP contribution in [0.2, 0.25) is 0 Å². The third kappa shape index (κ3) is 4.07. The number of nitrogens with one attached hydrogen (secondary N) is 2. The van der Waals surface area contributed by atoms with Crippen molar-refractivity contribution in [3.8, 4) is 5.75 Å². The maximum Gasteiger partial charge on any atom is 0.259 e. The van der Waals surface area contributed by atoms with Gasteiger partial charge in [-0.1, -0.05) is 24.3 Å². The van der Waals surface area contributed by atoms with Crippen LogP contribution in [-0.4, -0.2) is 25.7 Å². The summed E-state index contributed by atoms with van der Waals surface area (Å²) in [6, 6.07) is 16.8. The molecule has 0 saturated carbocycles. The molecule has 0 aromatic heterocycles. The van der Waals surface area contributed by atoms with Gasteiger partial charge in [0.15, 0.2) is 0 Å². The molecule has 0 atom stereocenters. The maximum absolute atomic E-state index is 12.4. The lowest BCUT2D eigenvalue weighted by atomic mass is 10.1. The van der Waals surface area contributed by atoms with Gasteiger partial charge in [-0.2, -0.15) is 0 Å². The summed E-state index contributed by atoms with van der Waals surface area (Å²) in [6.07, 6.45) is 1.06. The van der Waals surface area contributed by atoms with E-state index in [0.717, 1.165) is 17.0 Å². The standard InChI is InChI=1S/C18H16N2O4S/c1-25(23,24)20-15-8-6-14(7-9-15)19-18(22)16-10-12-4-2-3-5-13(12)11-17(16)21/h2-11,20-21H,1H3,(H,19,22). The van der Waals surface area contributed by atoms with Crippen molar-refractivity contribution >= 4 is 38.1 Å². The van der Waals surface area contributed by atoms with E-state index in [9.17, 15) is 18.3 Å². The van der Waals surface area contributed by atoms with E-state index >= 15 is 0 Å². The molecule has 0 aliphatic rings. The average Bonchev–Trinajstić information content (AvgIpc) is 2.54. The number of hydrogen-bond acceptors (Lipinski definition) is 4. The first-order valence-electron chi connectivity index (χ1n) is 7.43. The van der Waals surface area contributed by atoms with Crippen molar-refractivity contribution in [2.24, 2.45) is 0 Å². The third-order valence-electron chi connectivity index (χ3n) is 3.55. The fourth-order valence-corrected chi connectivity index (χ4v) is 3.01. The highest BCUT2D eigenvalue weighted by molar-refractivity contribution is 7.92. The smallest absolute Gasteiger partial charge is 0.259 e. The molecule has 0 fully saturated rings. The fraction of sp³-hybridized carbons (Fsp3) is 0.0556. The van der Waals surface area contributed by atoms with Gasteiger partial charge in [0.05, 0.1) is 11.8 Å². The minimum atomic E-state index is -3.35.